The summed E-state index contributed by atoms with van der Waals surface area (Å²) in [6.45, 7) is 3.60. The van der Waals surface area contributed by atoms with Crippen LogP contribution in [0, 0.1) is 0 Å². The van der Waals surface area contributed by atoms with Gasteiger partial charge in [0.2, 0.25) is 5.91 Å². The van der Waals surface area contributed by atoms with E-state index in [0.717, 1.165) is 44.9 Å². The highest BCUT2D eigenvalue weighted by molar-refractivity contribution is 5.80. The lowest BCUT2D eigenvalue weighted by molar-refractivity contribution is -0.302. The number of aliphatic hydroxyl groups is 6. The zero-order valence-electron chi connectivity index (χ0n) is 42.3. The molecular weight excluding hydrogens is 831 g/mol. The van der Waals surface area contributed by atoms with Crippen molar-refractivity contribution in [1.29, 1.82) is 0 Å². The molecule has 10 nitrogen and oxygen atoms in total. The van der Waals surface area contributed by atoms with Crippen LogP contribution < -0.4 is 5.32 Å². The molecule has 1 rings (SSSR count). The molecule has 1 aliphatic rings. The maximum atomic E-state index is 13.1. The lowest BCUT2D eigenvalue weighted by Gasteiger charge is -2.40. The first-order valence-corrected chi connectivity index (χ1v) is 27.5. The van der Waals surface area contributed by atoms with Gasteiger partial charge in [0.05, 0.1) is 25.4 Å². The minimum Gasteiger partial charge on any atom is -0.394 e. The van der Waals surface area contributed by atoms with Crippen molar-refractivity contribution in [2.75, 3.05) is 13.2 Å². The third-order valence-electron chi connectivity index (χ3n) is 13.0. The Balaban J connectivity index is 2.33. The van der Waals surface area contributed by atoms with Crippen LogP contribution in [0.2, 0.25) is 0 Å². The molecule has 0 bridgehead atoms. The number of ether oxygens (including phenoxy) is 2. The molecule has 0 aromatic heterocycles. The molecule has 0 aliphatic carbocycles. The molecule has 0 aromatic rings. The van der Waals surface area contributed by atoms with Crippen LogP contribution >= 0.6 is 0 Å². The smallest absolute Gasteiger partial charge is 0.249 e. The van der Waals surface area contributed by atoms with E-state index in [0.29, 0.717) is 19.3 Å². The van der Waals surface area contributed by atoms with Gasteiger partial charge in [0.25, 0.3) is 0 Å². The molecule has 8 unspecified atom stereocenters. The molecule has 8 atom stereocenters. The maximum absolute atomic E-state index is 13.1. The topological polar surface area (TPSA) is 169 Å². The molecule has 0 saturated carbocycles. The molecule has 1 heterocycles. The number of carbonyl (C=O) groups excluding carboxylic acids is 1. The van der Waals surface area contributed by atoms with Gasteiger partial charge in [-0.3, -0.25) is 4.79 Å². The molecule has 0 radical (unpaired) electrons. The third-order valence-corrected chi connectivity index (χ3v) is 13.0. The van der Waals surface area contributed by atoms with E-state index in [-0.39, 0.29) is 6.61 Å². The Labute approximate surface area is 404 Å². The highest BCUT2D eigenvalue weighted by Gasteiger charge is 2.44. The van der Waals surface area contributed by atoms with Crippen molar-refractivity contribution >= 4 is 5.91 Å². The summed E-state index contributed by atoms with van der Waals surface area (Å²) in [7, 11) is 0. The Morgan fingerprint density at radius 3 is 1.41 bits per heavy atom. The number of nitrogens with one attached hydrogen (secondary N) is 1. The second-order valence-electron chi connectivity index (χ2n) is 19.2. The van der Waals surface area contributed by atoms with Crippen molar-refractivity contribution in [2.24, 2.45) is 0 Å². The van der Waals surface area contributed by atoms with E-state index in [9.17, 15) is 35.4 Å². The van der Waals surface area contributed by atoms with Crippen molar-refractivity contribution in [3.8, 4) is 0 Å². The van der Waals surface area contributed by atoms with Gasteiger partial charge in [0.15, 0.2) is 6.29 Å². The first-order chi connectivity index (χ1) is 32.3. The average molecular weight is 934 g/mol. The average Bonchev–Trinajstić information content (AvgIpc) is 3.32. The van der Waals surface area contributed by atoms with Crippen LogP contribution in [0.3, 0.4) is 0 Å². The van der Waals surface area contributed by atoms with Crippen LogP contribution in [0.5, 0.6) is 0 Å². The summed E-state index contributed by atoms with van der Waals surface area (Å²) in [4.78, 5) is 13.1. The van der Waals surface area contributed by atoms with E-state index < -0.39 is 61.5 Å². The Hall–Kier alpha value is -1.89. The van der Waals surface area contributed by atoms with Crippen LogP contribution in [0.1, 0.15) is 239 Å². The first-order valence-electron chi connectivity index (χ1n) is 27.5. The van der Waals surface area contributed by atoms with Crippen LogP contribution in [0.4, 0.5) is 0 Å². The quantitative estimate of drug-likeness (QED) is 0.0232. The standard InChI is InChI=1S/C56H103NO9/c1-3-5-7-9-11-13-15-17-19-21-22-23-24-25-26-27-29-31-33-35-37-39-41-43-45-50(60)55(64)57-48(47-65-56-54(63)53(62)52(61)51(46-58)66-56)49(59)44-42-40-38-36-34-32-30-28-20-18-16-14-12-10-8-6-4-2/h22-23,25-26,34,36,42,44,48-54,56,58-63H,3-21,24,27-33,35,37-41,43,45-47H2,1-2H3,(H,57,64)/b23-22-,26-25-,36-34+,44-42+. The fourth-order valence-electron chi connectivity index (χ4n) is 8.50. The van der Waals surface area contributed by atoms with E-state index in [2.05, 4.69) is 55.6 Å². The van der Waals surface area contributed by atoms with E-state index in [1.807, 2.05) is 6.08 Å². The zero-order valence-corrected chi connectivity index (χ0v) is 42.3. The SMILES string of the molecule is CCCCCCCCCCC/C=C\C/C=C\CCCCCCCCCCC(O)C(=O)NC(COC1OC(CO)C(O)C(O)C1O)C(O)/C=C/CC/C=C/CCCCCCCCCCCCC. The molecule has 1 fully saturated rings. The number of unbranched alkanes of at least 4 members (excludes halogenated alkanes) is 29. The lowest BCUT2D eigenvalue weighted by atomic mass is 9.99. The van der Waals surface area contributed by atoms with E-state index in [1.165, 1.54) is 161 Å². The minimum absolute atomic E-state index is 0.296. The van der Waals surface area contributed by atoms with Gasteiger partial charge in [0, 0.05) is 0 Å². The summed E-state index contributed by atoms with van der Waals surface area (Å²) in [5.41, 5.74) is 0. The molecule has 386 valence electrons. The van der Waals surface area contributed by atoms with Crippen molar-refractivity contribution in [3.63, 3.8) is 0 Å². The number of rotatable bonds is 46. The summed E-state index contributed by atoms with van der Waals surface area (Å²) >= 11 is 0. The molecule has 1 saturated heterocycles. The normalized spacial score (nSPS) is 20.6. The summed E-state index contributed by atoms with van der Waals surface area (Å²) in [5, 5.41) is 64.9. The molecule has 0 spiro atoms. The minimum atomic E-state index is -1.62. The highest BCUT2D eigenvalue weighted by atomic mass is 16.7. The van der Waals surface area contributed by atoms with Crippen LogP contribution in [-0.4, -0.2) is 98.7 Å². The fourth-order valence-corrected chi connectivity index (χ4v) is 8.50. The predicted molar refractivity (Wildman–Crippen MR) is 273 cm³/mol. The van der Waals surface area contributed by atoms with Gasteiger partial charge in [-0.25, -0.2) is 0 Å². The van der Waals surface area contributed by atoms with Crippen molar-refractivity contribution in [2.45, 2.75) is 288 Å². The number of carbonyl (C=O) groups is 1. The third kappa shape index (κ3) is 34.4. The zero-order chi connectivity index (χ0) is 48.1. The highest BCUT2D eigenvalue weighted by Crippen LogP contribution is 2.23. The van der Waals surface area contributed by atoms with Gasteiger partial charge >= 0.3 is 0 Å². The van der Waals surface area contributed by atoms with Crippen molar-refractivity contribution in [1.82, 2.24) is 5.32 Å². The monoisotopic (exact) mass is 934 g/mol. The number of hydrogen-bond donors (Lipinski definition) is 7. The second kappa shape index (κ2) is 45.5. The maximum Gasteiger partial charge on any atom is 0.249 e. The van der Waals surface area contributed by atoms with E-state index >= 15 is 0 Å². The predicted octanol–water partition coefficient (Wildman–Crippen LogP) is 11.9. The molecular formula is C56H103NO9. The van der Waals surface area contributed by atoms with Crippen LogP contribution in [0.15, 0.2) is 48.6 Å². The lowest BCUT2D eigenvalue weighted by Crippen LogP contribution is -2.60. The molecule has 7 N–H and O–H groups in total. The van der Waals surface area contributed by atoms with Gasteiger partial charge in [-0.2, -0.15) is 0 Å². The number of aliphatic hydroxyl groups excluding tert-OH is 6. The Morgan fingerprint density at radius 1 is 0.530 bits per heavy atom. The Kier molecular flexibility index (Phi) is 42.9. The number of hydrogen-bond acceptors (Lipinski definition) is 9. The Bertz CT molecular complexity index is 1190. The number of amides is 1. The van der Waals surface area contributed by atoms with Gasteiger partial charge < -0.3 is 45.4 Å². The van der Waals surface area contributed by atoms with Crippen LogP contribution in [0.25, 0.3) is 0 Å². The van der Waals surface area contributed by atoms with Gasteiger partial charge in [0.1, 0.15) is 30.5 Å². The Morgan fingerprint density at radius 2 is 0.939 bits per heavy atom. The molecule has 0 aromatic carbocycles. The fraction of sp³-hybridized carbons (Fsp3) is 0.839. The van der Waals surface area contributed by atoms with Crippen molar-refractivity contribution in [3.05, 3.63) is 48.6 Å². The molecule has 66 heavy (non-hydrogen) atoms. The molecule has 1 aliphatic heterocycles. The summed E-state index contributed by atoms with van der Waals surface area (Å²) < 4.78 is 11.2. The van der Waals surface area contributed by atoms with E-state index in [1.54, 1.807) is 6.08 Å². The largest absolute Gasteiger partial charge is 0.394 e. The molecule has 10 heteroatoms. The summed E-state index contributed by atoms with van der Waals surface area (Å²) in [5.74, 6) is -0.630. The summed E-state index contributed by atoms with van der Waals surface area (Å²) in [6.07, 6.45) is 49.2. The van der Waals surface area contributed by atoms with Gasteiger partial charge in [-0.1, -0.05) is 223 Å². The van der Waals surface area contributed by atoms with Crippen molar-refractivity contribution < 1.29 is 44.9 Å². The van der Waals surface area contributed by atoms with E-state index in [4.69, 9.17) is 9.47 Å². The van der Waals surface area contributed by atoms with Crippen LogP contribution in [-0.2, 0) is 14.3 Å². The van der Waals surface area contributed by atoms with Gasteiger partial charge in [-0.05, 0) is 64.2 Å². The first kappa shape index (κ1) is 62.1. The molecule has 1 amide bonds. The number of allylic oxidation sites excluding steroid dienone is 7. The van der Waals surface area contributed by atoms with Gasteiger partial charge in [-0.15, -0.1) is 0 Å². The second-order valence-corrected chi connectivity index (χ2v) is 19.2. The summed E-state index contributed by atoms with van der Waals surface area (Å²) in [6, 6.07) is -1.00.